The van der Waals surface area contributed by atoms with E-state index in [0.29, 0.717) is 25.3 Å². The highest BCUT2D eigenvalue weighted by atomic mass is 127. The Morgan fingerprint density at radius 2 is 1.90 bits per heavy atom. The van der Waals surface area contributed by atoms with Crippen LogP contribution in [0.2, 0.25) is 0 Å². The topological polar surface area (TPSA) is 49.3 Å². The van der Waals surface area contributed by atoms with Gasteiger partial charge in [-0.3, -0.25) is 4.90 Å². The van der Waals surface area contributed by atoms with Crippen LogP contribution in [0.4, 0.5) is 0 Å². The minimum atomic E-state index is 0. The Kier molecular flexibility index (Phi) is 10.3. The van der Waals surface area contributed by atoms with Crippen LogP contribution in [0.15, 0.2) is 29.3 Å². The number of benzene rings is 1. The van der Waals surface area contributed by atoms with E-state index < -0.39 is 0 Å². The number of halogens is 1. The molecule has 7 heteroatoms. The molecular formula is C24H39IN4O2. The van der Waals surface area contributed by atoms with E-state index in [1.807, 2.05) is 0 Å². The molecule has 174 valence electrons. The highest BCUT2D eigenvalue weighted by Crippen LogP contribution is 2.21. The summed E-state index contributed by atoms with van der Waals surface area (Å²) in [6.45, 7) is 10.8. The Labute approximate surface area is 204 Å². The Balaban J connectivity index is 0.00000272. The number of nitrogens with zero attached hydrogens (tertiary/aromatic N) is 3. The summed E-state index contributed by atoms with van der Waals surface area (Å²) in [5, 5.41) is 3.51. The first-order chi connectivity index (χ1) is 14.8. The van der Waals surface area contributed by atoms with E-state index in [1.54, 1.807) is 0 Å². The van der Waals surface area contributed by atoms with Gasteiger partial charge in [-0.2, -0.15) is 0 Å². The third kappa shape index (κ3) is 7.30. The van der Waals surface area contributed by atoms with Crippen LogP contribution in [-0.2, 0) is 22.6 Å². The SMILES string of the molecule is CCNC(=NCc1cccc(COC2CCOCC2)c1)N1CCC(N2CCCC2)C1.I. The number of guanidine groups is 1. The van der Waals surface area contributed by atoms with Crippen LogP contribution in [0, 0.1) is 0 Å². The molecule has 0 radical (unpaired) electrons. The zero-order chi connectivity index (χ0) is 20.6. The second-order valence-electron chi connectivity index (χ2n) is 8.74. The summed E-state index contributed by atoms with van der Waals surface area (Å²) in [6, 6.07) is 9.38. The largest absolute Gasteiger partial charge is 0.381 e. The molecule has 1 aromatic rings. The van der Waals surface area contributed by atoms with E-state index in [-0.39, 0.29) is 24.0 Å². The fourth-order valence-electron chi connectivity index (χ4n) is 4.81. The van der Waals surface area contributed by atoms with Gasteiger partial charge in [-0.05, 0) is 63.2 Å². The molecule has 0 aromatic heterocycles. The van der Waals surface area contributed by atoms with Crippen molar-refractivity contribution in [3.63, 3.8) is 0 Å². The smallest absolute Gasteiger partial charge is 0.194 e. The molecule has 0 amide bonds. The van der Waals surface area contributed by atoms with Gasteiger partial charge in [0.25, 0.3) is 0 Å². The van der Waals surface area contributed by atoms with Gasteiger partial charge < -0.3 is 19.7 Å². The lowest BCUT2D eigenvalue weighted by Gasteiger charge is -2.25. The summed E-state index contributed by atoms with van der Waals surface area (Å²) in [7, 11) is 0. The van der Waals surface area contributed by atoms with Crippen molar-refractivity contribution in [2.24, 2.45) is 4.99 Å². The average molecular weight is 543 g/mol. The third-order valence-corrected chi connectivity index (χ3v) is 6.51. The summed E-state index contributed by atoms with van der Waals surface area (Å²) in [5.74, 6) is 1.06. The number of hydrogen-bond acceptors (Lipinski definition) is 4. The van der Waals surface area contributed by atoms with E-state index in [0.717, 1.165) is 51.6 Å². The third-order valence-electron chi connectivity index (χ3n) is 6.51. The molecule has 3 saturated heterocycles. The molecule has 3 aliphatic heterocycles. The van der Waals surface area contributed by atoms with Gasteiger partial charge in [-0.25, -0.2) is 4.99 Å². The van der Waals surface area contributed by atoms with Crippen molar-refractivity contribution in [1.82, 2.24) is 15.1 Å². The van der Waals surface area contributed by atoms with Gasteiger partial charge in [0.1, 0.15) is 0 Å². The monoisotopic (exact) mass is 542 g/mol. The van der Waals surface area contributed by atoms with Gasteiger partial charge >= 0.3 is 0 Å². The molecule has 1 N–H and O–H groups in total. The molecule has 0 aliphatic carbocycles. The van der Waals surface area contributed by atoms with Gasteiger partial charge in [0, 0.05) is 38.9 Å². The first kappa shape index (κ1) is 24.7. The molecule has 31 heavy (non-hydrogen) atoms. The van der Waals surface area contributed by atoms with Gasteiger partial charge in [0.2, 0.25) is 0 Å². The van der Waals surface area contributed by atoms with Crippen molar-refractivity contribution < 1.29 is 9.47 Å². The van der Waals surface area contributed by atoms with Crippen molar-refractivity contribution in [3.05, 3.63) is 35.4 Å². The quantitative estimate of drug-likeness (QED) is 0.324. The van der Waals surface area contributed by atoms with Gasteiger partial charge in [0.15, 0.2) is 5.96 Å². The molecule has 1 unspecified atom stereocenters. The van der Waals surface area contributed by atoms with Gasteiger partial charge in [0.05, 0.1) is 19.3 Å². The Bertz CT molecular complexity index is 690. The Hall–Kier alpha value is -0.900. The first-order valence-corrected chi connectivity index (χ1v) is 11.9. The minimum absolute atomic E-state index is 0. The summed E-state index contributed by atoms with van der Waals surface area (Å²) in [6.07, 6.45) is 6.32. The molecule has 0 spiro atoms. The van der Waals surface area contributed by atoms with Crippen molar-refractivity contribution in [3.8, 4) is 0 Å². The highest BCUT2D eigenvalue weighted by molar-refractivity contribution is 14.0. The lowest BCUT2D eigenvalue weighted by atomic mass is 10.1. The van der Waals surface area contributed by atoms with E-state index in [4.69, 9.17) is 14.5 Å². The predicted molar refractivity (Wildman–Crippen MR) is 136 cm³/mol. The Morgan fingerprint density at radius 3 is 2.68 bits per heavy atom. The fraction of sp³-hybridized carbons (Fsp3) is 0.708. The van der Waals surface area contributed by atoms with Crippen LogP contribution in [-0.4, -0.2) is 73.8 Å². The van der Waals surface area contributed by atoms with Crippen LogP contribution >= 0.6 is 24.0 Å². The summed E-state index contributed by atoms with van der Waals surface area (Å²) >= 11 is 0. The van der Waals surface area contributed by atoms with Crippen LogP contribution in [0.25, 0.3) is 0 Å². The number of nitrogens with one attached hydrogen (secondary N) is 1. The maximum absolute atomic E-state index is 6.09. The lowest BCUT2D eigenvalue weighted by molar-refractivity contribution is -0.0390. The van der Waals surface area contributed by atoms with Crippen LogP contribution in [0.1, 0.15) is 50.2 Å². The predicted octanol–water partition coefficient (Wildman–Crippen LogP) is 3.64. The second-order valence-corrected chi connectivity index (χ2v) is 8.74. The summed E-state index contributed by atoms with van der Waals surface area (Å²) in [5.41, 5.74) is 2.48. The fourth-order valence-corrected chi connectivity index (χ4v) is 4.81. The minimum Gasteiger partial charge on any atom is -0.381 e. The maximum Gasteiger partial charge on any atom is 0.194 e. The first-order valence-electron chi connectivity index (χ1n) is 11.9. The highest BCUT2D eigenvalue weighted by Gasteiger charge is 2.30. The molecular weight excluding hydrogens is 503 g/mol. The van der Waals surface area contributed by atoms with Crippen molar-refractivity contribution in [2.75, 3.05) is 45.9 Å². The average Bonchev–Trinajstić information content (AvgIpc) is 3.48. The molecule has 0 bridgehead atoms. The molecule has 4 rings (SSSR count). The summed E-state index contributed by atoms with van der Waals surface area (Å²) in [4.78, 5) is 10.1. The van der Waals surface area contributed by atoms with E-state index in [2.05, 4.69) is 46.3 Å². The summed E-state index contributed by atoms with van der Waals surface area (Å²) < 4.78 is 11.5. The molecule has 3 aliphatic rings. The van der Waals surface area contributed by atoms with Crippen LogP contribution < -0.4 is 5.32 Å². The number of likely N-dealkylation sites (tertiary alicyclic amines) is 2. The van der Waals surface area contributed by atoms with E-state index in [1.165, 1.54) is 43.5 Å². The zero-order valence-electron chi connectivity index (χ0n) is 18.9. The molecule has 0 saturated carbocycles. The standard InChI is InChI=1S/C24H38N4O2.HI/c1-2-25-24(28-13-8-22(18-28)27-11-3-4-12-27)26-17-20-6-5-7-21(16-20)19-30-23-9-14-29-15-10-23;/h5-7,16,22-23H,2-4,8-15,17-19H2,1H3,(H,25,26);1H. The normalized spacial score (nSPS) is 23.2. The Morgan fingerprint density at radius 1 is 1.13 bits per heavy atom. The number of aliphatic imine (C=N–C) groups is 1. The zero-order valence-corrected chi connectivity index (χ0v) is 21.3. The van der Waals surface area contributed by atoms with Crippen molar-refractivity contribution in [2.45, 2.75) is 64.3 Å². The number of rotatable bonds is 7. The molecule has 6 nitrogen and oxygen atoms in total. The maximum atomic E-state index is 6.09. The van der Waals surface area contributed by atoms with Crippen molar-refractivity contribution in [1.29, 1.82) is 0 Å². The lowest BCUT2D eigenvalue weighted by Crippen LogP contribution is -2.42. The van der Waals surface area contributed by atoms with Crippen LogP contribution in [0.3, 0.4) is 0 Å². The van der Waals surface area contributed by atoms with Crippen molar-refractivity contribution >= 4 is 29.9 Å². The van der Waals surface area contributed by atoms with E-state index >= 15 is 0 Å². The van der Waals surface area contributed by atoms with E-state index in [9.17, 15) is 0 Å². The molecule has 1 atom stereocenters. The second kappa shape index (κ2) is 13.0. The van der Waals surface area contributed by atoms with Crippen LogP contribution in [0.5, 0.6) is 0 Å². The van der Waals surface area contributed by atoms with Gasteiger partial charge in [-0.1, -0.05) is 24.3 Å². The molecule has 1 aromatic carbocycles. The molecule has 3 heterocycles. The molecule has 3 fully saturated rings. The van der Waals surface area contributed by atoms with Gasteiger partial charge in [-0.15, -0.1) is 24.0 Å². The number of ether oxygens (including phenoxy) is 2. The number of hydrogen-bond donors (Lipinski definition) is 1.